The van der Waals surface area contributed by atoms with Gasteiger partial charge in [-0.1, -0.05) is 19.9 Å². The Kier molecular flexibility index (Phi) is 2.94. The van der Waals surface area contributed by atoms with Crippen LogP contribution >= 0.6 is 0 Å². The fourth-order valence-corrected chi connectivity index (χ4v) is 2.08. The third-order valence-electron chi connectivity index (χ3n) is 3.12. The van der Waals surface area contributed by atoms with Gasteiger partial charge in [-0.05, 0) is 37.5 Å². The fraction of sp³-hybridized carbons (Fsp3) is 0.818. The number of rotatable bonds is 2. The Labute approximate surface area is 75.5 Å². The summed E-state index contributed by atoms with van der Waals surface area (Å²) < 4.78 is 0. The SMILES string of the molecule is C=C[C@]1(O)CCC[C@H](C(C)C)C1. The van der Waals surface area contributed by atoms with E-state index in [0.29, 0.717) is 11.8 Å². The van der Waals surface area contributed by atoms with Gasteiger partial charge in [-0.3, -0.25) is 0 Å². The van der Waals surface area contributed by atoms with Gasteiger partial charge in [-0.2, -0.15) is 0 Å². The third-order valence-corrected chi connectivity index (χ3v) is 3.12. The summed E-state index contributed by atoms with van der Waals surface area (Å²) in [5.74, 6) is 1.37. The van der Waals surface area contributed by atoms with Crippen molar-refractivity contribution in [1.29, 1.82) is 0 Å². The van der Waals surface area contributed by atoms with Crippen molar-refractivity contribution >= 4 is 0 Å². The molecule has 1 rings (SSSR count). The highest BCUT2D eigenvalue weighted by atomic mass is 16.3. The van der Waals surface area contributed by atoms with E-state index in [4.69, 9.17) is 0 Å². The van der Waals surface area contributed by atoms with Crippen LogP contribution in [0.25, 0.3) is 0 Å². The predicted molar refractivity (Wildman–Crippen MR) is 51.9 cm³/mol. The lowest BCUT2D eigenvalue weighted by molar-refractivity contribution is 0.0177. The monoisotopic (exact) mass is 168 g/mol. The number of hydrogen-bond acceptors (Lipinski definition) is 1. The number of hydrogen-bond donors (Lipinski definition) is 1. The highest BCUT2D eigenvalue weighted by Crippen LogP contribution is 2.36. The molecule has 0 heterocycles. The molecule has 0 unspecified atom stereocenters. The van der Waals surface area contributed by atoms with Crippen molar-refractivity contribution in [2.45, 2.75) is 45.1 Å². The molecule has 1 fully saturated rings. The molecule has 1 heteroatoms. The summed E-state index contributed by atoms with van der Waals surface area (Å²) >= 11 is 0. The Morgan fingerprint density at radius 2 is 2.25 bits per heavy atom. The first-order chi connectivity index (χ1) is 5.57. The second-order valence-electron chi connectivity index (χ2n) is 4.41. The predicted octanol–water partition coefficient (Wildman–Crippen LogP) is 2.75. The Balaban J connectivity index is 2.56. The van der Waals surface area contributed by atoms with Crippen molar-refractivity contribution in [2.24, 2.45) is 11.8 Å². The molecule has 0 aromatic heterocycles. The lowest BCUT2D eigenvalue weighted by Gasteiger charge is -2.36. The smallest absolute Gasteiger partial charge is 0.0827 e. The molecule has 0 amide bonds. The minimum atomic E-state index is -0.562. The van der Waals surface area contributed by atoms with Gasteiger partial charge >= 0.3 is 0 Å². The van der Waals surface area contributed by atoms with E-state index >= 15 is 0 Å². The van der Waals surface area contributed by atoms with Crippen LogP contribution in [0, 0.1) is 11.8 Å². The van der Waals surface area contributed by atoms with Crippen LogP contribution in [0.2, 0.25) is 0 Å². The highest BCUT2D eigenvalue weighted by molar-refractivity contribution is 4.99. The minimum Gasteiger partial charge on any atom is -0.386 e. The fourth-order valence-electron chi connectivity index (χ4n) is 2.08. The highest BCUT2D eigenvalue weighted by Gasteiger charge is 2.32. The van der Waals surface area contributed by atoms with E-state index in [9.17, 15) is 5.11 Å². The van der Waals surface area contributed by atoms with Gasteiger partial charge in [0, 0.05) is 0 Å². The van der Waals surface area contributed by atoms with Gasteiger partial charge in [-0.15, -0.1) is 6.58 Å². The number of aliphatic hydroxyl groups is 1. The van der Waals surface area contributed by atoms with Crippen LogP contribution in [-0.4, -0.2) is 10.7 Å². The molecule has 0 aliphatic heterocycles. The molecule has 0 aromatic rings. The van der Waals surface area contributed by atoms with Gasteiger partial charge in [0.25, 0.3) is 0 Å². The molecule has 0 aromatic carbocycles. The minimum absolute atomic E-state index is 0.562. The quantitative estimate of drug-likeness (QED) is 0.629. The second-order valence-corrected chi connectivity index (χ2v) is 4.41. The molecule has 1 saturated carbocycles. The van der Waals surface area contributed by atoms with Crippen molar-refractivity contribution < 1.29 is 5.11 Å². The molecular formula is C11H20O. The van der Waals surface area contributed by atoms with Gasteiger partial charge in [0.05, 0.1) is 5.60 Å². The summed E-state index contributed by atoms with van der Waals surface area (Å²) in [4.78, 5) is 0. The molecule has 2 atom stereocenters. The zero-order valence-corrected chi connectivity index (χ0v) is 8.21. The molecule has 0 spiro atoms. The summed E-state index contributed by atoms with van der Waals surface area (Å²) in [6, 6.07) is 0. The summed E-state index contributed by atoms with van der Waals surface area (Å²) in [5, 5.41) is 9.98. The standard InChI is InChI=1S/C11H20O/c1-4-11(12)7-5-6-10(8-11)9(2)3/h4,9-10,12H,1,5-8H2,2-3H3/t10-,11-/m0/s1. The Morgan fingerprint density at radius 1 is 1.58 bits per heavy atom. The second kappa shape index (κ2) is 3.61. The lowest BCUT2D eigenvalue weighted by Crippen LogP contribution is -2.34. The van der Waals surface area contributed by atoms with Crippen LogP contribution in [0.1, 0.15) is 39.5 Å². The van der Waals surface area contributed by atoms with Gasteiger partial charge in [0.15, 0.2) is 0 Å². The summed E-state index contributed by atoms with van der Waals surface area (Å²) in [5.41, 5.74) is -0.562. The van der Waals surface area contributed by atoms with E-state index in [1.807, 2.05) is 0 Å². The maximum Gasteiger partial charge on any atom is 0.0827 e. The maximum atomic E-state index is 9.98. The Bertz CT molecular complexity index is 162. The van der Waals surface area contributed by atoms with Crippen molar-refractivity contribution in [2.75, 3.05) is 0 Å². The topological polar surface area (TPSA) is 20.2 Å². The van der Waals surface area contributed by atoms with E-state index in [0.717, 1.165) is 19.3 Å². The molecular weight excluding hydrogens is 148 g/mol. The van der Waals surface area contributed by atoms with Crippen molar-refractivity contribution in [1.82, 2.24) is 0 Å². The van der Waals surface area contributed by atoms with E-state index in [1.165, 1.54) is 6.42 Å². The van der Waals surface area contributed by atoms with Crippen molar-refractivity contribution in [3.63, 3.8) is 0 Å². The van der Waals surface area contributed by atoms with E-state index < -0.39 is 5.60 Å². The molecule has 12 heavy (non-hydrogen) atoms. The average Bonchev–Trinajstić information content (AvgIpc) is 2.05. The molecule has 1 aliphatic carbocycles. The van der Waals surface area contributed by atoms with Crippen LogP contribution in [0.5, 0.6) is 0 Å². The van der Waals surface area contributed by atoms with Gasteiger partial charge in [-0.25, -0.2) is 0 Å². The van der Waals surface area contributed by atoms with Crippen LogP contribution in [0.4, 0.5) is 0 Å². The maximum absolute atomic E-state index is 9.98. The van der Waals surface area contributed by atoms with Gasteiger partial charge in [0.1, 0.15) is 0 Å². The first-order valence-corrected chi connectivity index (χ1v) is 4.93. The first-order valence-electron chi connectivity index (χ1n) is 4.93. The van der Waals surface area contributed by atoms with Crippen molar-refractivity contribution in [3.05, 3.63) is 12.7 Å². The van der Waals surface area contributed by atoms with E-state index in [-0.39, 0.29) is 0 Å². The van der Waals surface area contributed by atoms with E-state index in [2.05, 4.69) is 20.4 Å². The average molecular weight is 168 g/mol. The summed E-state index contributed by atoms with van der Waals surface area (Å²) in [6.45, 7) is 8.17. The normalized spacial score (nSPS) is 36.8. The summed E-state index contributed by atoms with van der Waals surface area (Å²) in [6.07, 6.45) is 5.95. The van der Waals surface area contributed by atoms with Crippen LogP contribution in [0.15, 0.2) is 12.7 Å². The first kappa shape index (κ1) is 9.79. The van der Waals surface area contributed by atoms with Gasteiger partial charge in [0.2, 0.25) is 0 Å². The molecule has 0 saturated heterocycles. The van der Waals surface area contributed by atoms with Gasteiger partial charge < -0.3 is 5.11 Å². The Hall–Kier alpha value is -0.300. The van der Waals surface area contributed by atoms with Crippen LogP contribution in [0.3, 0.4) is 0 Å². The zero-order chi connectivity index (χ0) is 9.19. The molecule has 0 bridgehead atoms. The van der Waals surface area contributed by atoms with Crippen LogP contribution < -0.4 is 0 Å². The summed E-state index contributed by atoms with van der Waals surface area (Å²) in [7, 11) is 0. The third kappa shape index (κ3) is 2.10. The molecule has 70 valence electrons. The van der Waals surface area contributed by atoms with E-state index in [1.54, 1.807) is 6.08 Å². The van der Waals surface area contributed by atoms with Crippen molar-refractivity contribution in [3.8, 4) is 0 Å². The zero-order valence-electron chi connectivity index (χ0n) is 8.21. The largest absolute Gasteiger partial charge is 0.386 e. The molecule has 0 radical (unpaired) electrons. The van der Waals surface area contributed by atoms with Crippen LogP contribution in [-0.2, 0) is 0 Å². The lowest BCUT2D eigenvalue weighted by atomic mass is 9.74. The molecule has 1 N–H and O–H groups in total. The molecule has 1 aliphatic rings. The Morgan fingerprint density at radius 3 is 2.75 bits per heavy atom. The molecule has 1 nitrogen and oxygen atoms in total.